The Hall–Kier alpha value is -3.36. The van der Waals surface area contributed by atoms with Crippen LogP contribution in [0, 0.1) is 6.92 Å². The van der Waals surface area contributed by atoms with Gasteiger partial charge in [0.2, 0.25) is 0 Å². The van der Waals surface area contributed by atoms with E-state index in [1.807, 2.05) is 26.0 Å². The minimum atomic E-state index is -0.688. The number of Topliss-reactive ketones (excluding diaryl/α,β-unsaturated/α-hetero) is 1. The van der Waals surface area contributed by atoms with Gasteiger partial charge in [0.25, 0.3) is 11.7 Å². The SMILES string of the molecule is CCOc1ccc(C(O)=C2C(=O)C(=O)N(CCCN3CCOCC3)[C@H]2c2ccc(OC)cc2)cc1C. The second-order valence-electron chi connectivity index (χ2n) is 8.99. The molecular weight excluding hydrogens is 460 g/mol. The van der Waals surface area contributed by atoms with Crippen LogP contribution in [-0.4, -0.2) is 79.7 Å². The summed E-state index contributed by atoms with van der Waals surface area (Å²) in [5, 5.41) is 11.3. The molecule has 8 nitrogen and oxygen atoms in total. The lowest BCUT2D eigenvalue weighted by Gasteiger charge is -2.29. The Morgan fingerprint density at radius 2 is 1.81 bits per heavy atom. The lowest BCUT2D eigenvalue weighted by Crippen LogP contribution is -2.38. The number of ketones is 1. The normalized spacial score (nSPS) is 20.1. The maximum atomic E-state index is 13.3. The molecule has 0 spiro atoms. The van der Waals surface area contributed by atoms with Gasteiger partial charge < -0.3 is 24.2 Å². The number of morpholine rings is 1. The van der Waals surface area contributed by atoms with Gasteiger partial charge in [0, 0.05) is 31.7 Å². The summed E-state index contributed by atoms with van der Waals surface area (Å²) in [6.45, 7) is 8.65. The van der Waals surface area contributed by atoms with Crippen LogP contribution < -0.4 is 9.47 Å². The first-order valence-electron chi connectivity index (χ1n) is 12.4. The van der Waals surface area contributed by atoms with Crippen molar-refractivity contribution in [2.75, 3.05) is 53.1 Å². The van der Waals surface area contributed by atoms with Gasteiger partial charge in [0.1, 0.15) is 17.3 Å². The van der Waals surface area contributed by atoms with Gasteiger partial charge in [-0.15, -0.1) is 0 Å². The summed E-state index contributed by atoms with van der Waals surface area (Å²) in [4.78, 5) is 30.3. The Morgan fingerprint density at radius 1 is 1.08 bits per heavy atom. The fourth-order valence-electron chi connectivity index (χ4n) is 4.80. The smallest absolute Gasteiger partial charge is 0.295 e. The number of hydrogen-bond acceptors (Lipinski definition) is 7. The second-order valence-corrected chi connectivity index (χ2v) is 8.99. The topological polar surface area (TPSA) is 88.5 Å². The quantitative estimate of drug-likeness (QED) is 0.324. The van der Waals surface area contributed by atoms with Crippen LogP contribution in [-0.2, 0) is 14.3 Å². The number of aryl methyl sites for hydroxylation is 1. The number of ether oxygens (including phenoxy) is 3. The van der Waals surface area contributed by atoms with Gasteiger partial charge in [-0.3, -0.25) is 14.5 Å². The first-order valence-corrected chi connectivity index (χ1v) is 12.4. The van der Waals surface area contributed by atoms with Crippen molar-refractivity contribution in [1.29, 1.82) is 0 Å². The summed E-state index contributed by atoms with van der Waals surface area (Å²) in [5.41, 5.74) is 2.15. The Labute approximate surface area is 212 Å². The molecule has 0 bridgehead atoms. The van der Waals surface area contributed by atoms with E-state index < -0.39 is 17.7 Å². The van der Waals surface area contributed by atoms with E-state index >= 15 is 0 Å². The van der Waals surface area contributed by atoms with Crippen LogP contribution in [0.4, 0.5) is 0 Å². The predicted octanol–water partition coefficient (Wildman–Crippen LogP) is 3.55. The Bertz CT molecular complexity index is 1120. The molecule has 8 heteroatoms. The lowest BCUT2D eigenvalue weighted by molar-refractivity contribution is -0.140. The number of aliphatic hydroxyl groups is 1. The Kier molecular flexibility index (Phi) is 8.28. The molecule has 4 rings (SSSR count). The van der Waals surface area contributed by atoms with Gasteiger partial charge >= 0.3 is 0 Å². The standard InChI is InChI=1S/C28H34N2O6/c1-4-36-23-11-8-21(18-19(23)2)26(31)24-25(20-6-9-22(34-3)10-7-20)30(28(33)27(24)32)13-5-12-29-14-16-35-17-15-29/h6-11,18,25,31H,4-5,12-17H2,1-3H3/t25-/m0/s1. The zero-order valence-corrected chi connectivity index (χ0v) is 21.2. The number of amides is 1. The van der Waals surface area contributed by atoms with Gasteiger partial charge in [-0.2, -0.15) is 0 Å². The summed E-state index contributed by atoms with van der Waals surface area (Å²) < 4.78 is 16.3. The molecule has 1 amide bonds. The molecule has 2 fully saturated rings. The monoisotopic (exact) mass is 494 g/mol. The highest BCUT2D eigenvalue weighted by Crippen LogP contribution is 2.40. The first kappa shape index (κ1) is 25.7. The third-order valence-electron chi connectivity index (χ3n) is 6.70. The van der Waals surface area contributed by atoms with Gasteiger partial charge in [0.05, 0.1) is 38.5 Å². The van der Waals surface area contributed by atoms with E-state index in [2.05, 4.69) is 4.90 Å². The van der Waals surface area contributed by atoms with Crippen LogP contribution >= 0.6 is 0 Å². The molecule has 2 aromatic carbocycles. The van der Waals surface area contributed by atoms with Crippen molar-refractivity contribution in [3.63, 3.8) is 0 Å². The number of methoxy groups -OCH3 is 1. The van der Waals surface area contributed by atoms with Crippen molar-refractivity contribution >= 4 is 17.4 Å². The third kappa shape index (κ3) is 5.39. The molecule has 2 heterocycles. The molecule has 0 radical (unpaired) electrons. The van der Waals surface area contributed by atoms with Gasteiger partial charge in [0.15, 0.2) is 0 Å². The van der Waals surface area contributed by atoms with Crippen LogP contribution in [0.3, 0.4) is 0 Å². The minimum absolute atomic E-state index is 0.0973. The molecule has 2 aliphatic heterocycles. The fraction of sp³-hybridized carbons (Fsp3) is 0.429. The zero-order chi connectivity index (χ0) is 25.7. The van der Waals surface area contributed by atoms with Crippen LogP contribution in [0.1, 0.15) is 36.1 Å². The molecule has 0 aliphatic carbocycles. The third-order valence-corrected chi connectivity index (χ3v) is 6.70. The van der Waals surface area contributed by atoms with Crippen LogP contribution in [0.5, 0.6) is 11.5 Å². The van der Waals surface area contributed by atoms with Crippen molar-refractivity contribution in [2.24, 2.45) is 0 Å². The molecule has 2 aromatic rings. The second kappa shape index (κ2) is 11.6. The van der Waals surface area contributed by atoms with Crippen LogP contribution in [0.15, 0.2) is 48.0 Å². The highest BCUT2D eigenvalue weighted by molar-refractivity contribution is 6.46. The zero-order valence-electron chi connectivity index (χ0n) is 21.2. The maximum Gasteiger partial charge on any atom is 0.295 e. The molecule has 0 saturated carbocycles. The molecule has 192 valence electrons. The highest BCUT2D eigenvalue weighted by atomic mass is 16.5. The van der Waals surface area contributed by atoms with E-state index in [1.165, 1.54) is 0 Å². The number of carbonyl (C=O) groups is 2. The molecular formula is C28H34N2O6. The number of hydrogen-bond donors (Lipinski definition) is 1. The highest BCUT2D eigenvalue weighted by Gasteiger charge is 2.45. The molecule has 1 N–H and O–H groups in total. The Morgan fingerprint density at radius 3 is 2.44 bits per heavy atom. The number of carbonyl (C=O) groups excluding carboxylic acids is 2. The molecule has 2 aliphatic rings. The average molecular weight is 495 g/mol. The maximum absolute atomic E-state index is 13.3. The van der Waals surface area contributed by atoms with E-state index in [1.54, 1.807) is 42.3 Å². The first-order chi connectivity index (χ1) is 17.4. The number of likely N-dealkylation sites (tertiary alicyclic amines) is 1. The Balaban J connectivity index is 1.68. The average Bonchev–Trinajstić information content (AvgIpc) is 3.15. The van der Waals surface area contributed by atoms with Crippen molar-refractivity contribution < 1.29 is 28.9 Å². The van der Waals surface area contributed by atoms with Gasteiger partial charge in [-0.25, -0.2) is 0 Å². The van der Waals surface area contributed by atoms with E-state index in [-0.39, 0.29) is 11.3 Å². The van der Waals surface area contributed by atoms with Gasteiger partial charge in [-0.05, 0) is 61.7 Å². The van der Waals surface area contributed by atoms with E-state index in [9.17, 15) is 14.7 Å². The van der Waals surface area contributed by atoms with Crippen LogP contribution in [0.2, 0.25) is 0 Å². The van der Waals surface area contributed by atoms with E-state index in [0.29, 0.717) is 49.8 Å². The van der Waals surface area contributed by atoms with Crippen molar-refractivity contribution in [3.8, 4) is 11.5 Å². The van der Waals surface area contributed by atoms with Crippen molar-refractivity contribution in [1.82, 2.24) is 9.80 Å². The molecule has 0 unspecified atom stereocenters. The van der Waals surface area contributed by atoms with Crippen LogP contribution in [0.25, 0.3) is 5.76 Å². The van der Waals surface area contributed by atoms with Gasteiger partial charge in [-0.1, -0.05) is 12.1 Å². The number of nitrogens with zero attached hydrogens (tertiary/aromatic N) is 2. The van der Waals surface area contributed by atoms with E-state index in [4.69, 9.17) is 14.2 Å². The van der Waals surface area contributed by atoms with E-state index in [0.717, 1.165) is 30.8 Å². The lowest BCUT2D eigenvalue weighted by atomic mass is 9.94. The summed E-state index contributed by atoms with van der Waals surface area (Å²) in [5.74, 6) is -0.0706. The molecule has 0 aromatic heterocycles. The summed E-state index contributed by atoms with van der Waals surface area (Å²) in [6.07, 6.45) is 0.710. The van der Waals surface area contributed by atoms with Crippen molar-refractivity contribution in [3.05, 3.63) is 64.7 Å². The molecule has 36 heavy (non-hydrogen) atoms. The number of aliphatic hydroxyl groups excluding tert-OH is 1. The summed E-state index contributed by atoms with van der Waals surface area (Å²) >= 11 is 0. The molecule has 1 atom stereocenters. The molecule has 2 saturated heterocycles. The summed E-state index contributed by atoms with van der Waals surface area (Å²) in [7, 11) is 1.58. The van der Waals surface area contributed by atoms with Crippen molar-refractivity contribution in [2.45, 2.75) is 26.3 Å². The number of benzene rings is 2. The summed E-state index contributed by atoms with van der Waals surface area (Å²) in [6, 6.07) is 11.8. The number of rotatable bonds is 9. The fourth-order valence-corrected chi connectivity index (χ4v) is 4.80. The predicted molar refractivity (Wildman–Crippen MR) is 136 cm³/mol. The largest absolute Gasteiger partial charge is 0.507 e. The minimum Gasteiger partial charge on any atom is -0.507 e.